The lowest BCUT2D eigenvalue weighted by Gasteiger charge is -2.26. The predicted molar refractivity (Wildman–Crippen MR) is 87.2 cm³/mol. The summed E-state index contributed by atoms with van der Waals surface area (Å²) in [5.41, 5.74) is 6.67. The van der Waals surface area contributed by atoms with E-state index in [0.29, 0.717) is 18.0 Å². The van der Waals surface area contributed by atoms with Gasteiger partial charge < -0.3 is 15.8 Å². The summed E-state index contributed by atoms with van der Waals surface area (Å²) in [4.78, 5) is 0. The number of nitrogens with two attached hydrogens (primary N) is 1. The highest BCUT2D eigenvalue weighted by molar-refractivity contribution is 7.88. The summed E-state index contributed by atoms with van der Waals surface area (Å²) < 4.78 is 30.8. The van der Waals surface area contributed by atoms with Gasteiger partial charge in [-0.25, -0.2) is 13.1 Å². The fourth-order valence-electron chi connectivity index (χ4n) is 1.91. The molecule has 0 saturated heterocycles. The molecular weight excluding hydrogens is 290 g/mol. The van der Waals surface area contributed by atoms with Gasteiger partial charge in [-0.05, 0) is 39.8 Å². The second kappa shape index (κ2) is 6.53. The summed E-state index contributed by atoms with van der Waals surface area (Å²) in [5, 5.41) is 3.16. The van der Waals surface area contributed by atoms with Crippen molar-refractivity contribution >= 4 is 21.4 Å². The molecule has 0 aliphatic carbocycles. The number of hydrogen-bond acceptors (Lipinski definition) is 5. The first kappa shape index (κ1) is 17.6. The Balaban J connectivity index is 2.80. The monoisotopic (exact) mass is 315 g/mol. The van der Waals surface area contributed by atoms with Crippen molar-refractivity contribution in [3.63, 3.8) is 0 Å². The van der Waals surface area contributed by atoms with E-state index >= 15 is 0 Å². The van der Waals surface area contributed by atoms with Crippen LogP contribution >= 0.6 is 0 Å². The van der Waals surface area contributed by atoms with E-state index in [0.717, 1.165) is 11.9 Å². The fourth-order valence-corrected chi connectivity index (χ4v) is 2.98. The summed E-state index contributed by atoms with van der Waals surface area (Å²) in [5.74, 6) is 0.615. The van der Waals surface area contributed by atoms with Crippen molar-refractivity contribution in [3.05, 3.63) is 18.2 Å². The van der Waals surface area contributed by atoms with Crippen molar-refractivity contribution < 1.29 is 13.2 Å². The highest BCUT2D eigenvalue weighted by Gasteiger charge is 2.22. The molecular formula is C14H25N3O3S. The Kier molecular flexibility index (Phi) is 5.47. The molecule has 0 spiro atoms. The molecule has 0 aliphatic heterocycles. The smallest absolute Gasteiger partial charge is 0.209 e. The zero-order valence-electron chi connectivity index (χ0n) is 13.2. The Hall–Kier alpha value is -1.47. The van der Waals surface area contributed by atoms with Crippen LogP contribution in [0.15, 0.2) is 18.2 Å². The lowest BCUT2D eigenvalue weighted by atomic mass is 10.1. The zero-order chi connectivity index (χ0) is 16.3. The third kappa shape index (κ3) is 6.22. The quantitative estimate of drug-likeness (QED) is 0.667. The van der Waals surface area contributed by atoms with Crippen LogP contribution in [0.5, 0.6) is 5.75 Å². The molecule has 1 rings (SSSR count). The summed E-state index contributed by atoms with van der Waals surface area (Å²) in [6, 6.07) is 5.48. The van der Waals surface area contributed by atoms with Crippen molar-refractivity contribution in [3.8, 4) is 5.75 Å². The predicted octanol–water partition coefficient (Wildman–Crippen LogP) is 1.80. The molecule has 1 aromatic rings. The van der Waals surface area contributed by atoms with Gasteiger partial charge in [0.25, 0.3) is 0 Å². The molecule has 0 fully saturated rings. The summed E-state index contributed by atoms with van der Waals surface area (Å²) in [6.07, 6.45) is 1.17. The van der Waals surface area contributed by atoms with Gasteiger partial charge in [-0.15, -0.1) is 0 Å². The van der Waals surface area contributed by atoms with Crippen molar-refractivity contribution in [1.82, 2.24) is 4.72 Å². The Morgan fingerprint density at radius 1 is 1.33 bits per heavy atom. The summed E-state index contributed by atoms with van der Waals surface area (Å²) in [6.45, 7) is 7.85. The maximum atomic E-state index is 11.3. The molecule has 0 unspecified atom stereocenters. The van der Waals surface area contributed by atoms with Gasteiger partial charge in [0, 0.05) is 12.1 Å². The second-order valence-electron chi connectivity index (χ2n) is 6.00. The lowest BCUT2D eigenvalue weighted by Crippen LogP contribution is -2.47. The highest BCUT2D eigenvalue weighted by atomic mass is 32.2. The molecule has 0 saturated carbocycles. The number of hydrogen-bond donors (Lipinski definition) is 3. The van der Waals surface area contributed by atoms with Crippen LogP contribution in [0.3, 0.4) is 0 Å². The fraction of sp³-hybridized carbons (Fsp3) is 0.571. The Labute approximate surface area is 127 Å². The average molecular weight is 315 g/mol. The van der Waals surface area contributed by atoms with Crippen LogP contribution in [0.1, 0.15) is 27.7 Å². The number of ether oxygens (including phenoxy) is 1. The molecule has 21 heavy (non-hydrogen) atoms. The number of rotatable bonds is 7. The largest absolute Gasteiger partial charge is 0.489 e. The van der Waals surface area contributed by atoms with E-state index in [1.807, 2.05) is 26.0 Å². The van der Waals surface area contributed by atoms with Crippen LogP contribution in [0.4, 0.5) is 11.4 Å². The summed E-state index contributed by atoms with van der Waals surface area (Å²) >= 11 is 0. The van der Waals surface area contributed by atoms with Gasteiger partial charge in [0.15, 0.2) is 0 Å². The van der Waals surface area contributed by atoms with Crippen LogP contribution in [0, 0.1) is 0 Å². The van der Waals surface area contributed by atoms with E-state index in [2.05, 4.69) is 10.0 Å². The first-order chi connectivity index (χ1) is 9.50. The average Bonchev–Trinajstić information content (AvgIpc) is 2.26. The van der Waals surface area contributed by atoms with E-state index < -0.39 is 15.6 Å². The molecule has 0 heterocycles. The molecule has 4 N–H and O–H groups in total. The van der Waals surface area contributed by atoms with Gasteiger partial charge in [0.1, 0.15) is 5.75 Å². The third-order valence-corrected chi connectivity index (χ3v) is 3.53. The maximum absolute atomic E-state index is 11.3. The van der Waals surface area contributed by atoms with Gasteiger partial charge >= 0.3 is 0 Å². The van der Waals surface area contributed by atoms with Gasteiger partial charge in [-0.2, -0.15) is 0 Å². The molecule has 0 amide bonds. The van der Waals surface area contributed by atoms with Crippen LogP contribution in [-0.4, -0.2) is 32.9 Å². The standard InChI is InChI=1S/C14H25N3O3S/c1-10(2)20-12-8-6-7-11(13(12)15)16-9-14(3,4)17-21(5,18)19/h6-8,10,16-17H,9,15H2,1-5H3. The van der Waals surface area contributed by atoms with E-state index in [1.54, 1.807) is 19.9 Å². The van der Waals surface area contributed by atoms with Gasteiger partial charge in [0.05, 0.1) is 23.7 Å². The van der Waals surface area contributed by atoms with Gasteiger partial charge in [0.2, 0.25) is 10.0 Å². The normalized spacial score (nSPS) is 12.5. The lowest BCUT2D eigenvalue weighted by molar-refractivity contribution is 0.244. The number of benzene rings is 1. The molecule has 0 aromatic heterocycles. The van der Waals surface area contributed by atoms with Crippen molar-refractivity contribution in [2.24, 2.45) is 0 Å². The van der Waals surface area contributed by atoms with Crippen LogP contribution in [0.25, 0.3) is 0 Å². The number of para-hydroxylation sites is 1. The van der Waals surface area contributed by atoms with Gasteiger partial charge in [-0.3, -0.25) is 0 Å². The number of sulfonamides is 1. The molecule has 0 bridgehead atoms. The van der Waals surface area contributed by atoms with E-state index in [9.17, 15) is 8.42 Å². The van der Waals surface area contributed by atoms with Crippen molar-refractivity contribution in [2.75, 3.05) is 23.9 Å². The Morgan fingerprint density at radius 2 is 1.95 bits per heavy atom. The molecule has 7 heteroatoms. The van der Waals surface area contributed by atoms with E-state index in [-0.39, 0.29) is 6.10 Å². The minimum absolute atomic E-state index is 0.0332. The van der Waals surface area contributed by atoms with Crippen molar-refractivity contribution in [1.29, 1.82) is 0 Å². The Morgan fingerprint density at radius 3 is 2.48 bits per heavy atom. The number of nitrogens with one attached hydrogen (secondary N) is 2. The number of anilines is 2. The zero-order valence-corrected chi connectivity index (χ0v) is 14.0. The van der Waals surface area contributed by atoms with Gasteiger partial charge in [-0.1, -0.05) is 6.07 Å². The second-order valence-corrected chi connectivity index (χ2v) is 7.74. The first-order valence-corrected chi connectivity index (χ1v) is 8.67. The van der Waals surface area contributed by atoms with Crippen molar-refractivity contribution in [2.45, 2.75) is 39.3 Å². The molecule has 120 valence electrons. The minimum Gasteiger partial charge on any atom is -0.489 e. The van der Waals surface area contributed by atoms with E-state index in [4.69, 9.17) is 10.5 Å². The maximum Gasteiger partial charge on any atom is 0.209 e. The first-order valence-electron chi connectivity index (χ1n) is 6.78. The Bertz CT molecular complexity index is 583. The molecule has 0 radical (unpaired) electrons. The van der Waals surface area contributed by atoms with Crippen LogP contribution < -0.4 is 20.5 Å². The third-order valence-electron chi connectivity index (χ3n) is 2.61. The molecule has 1 aromatic carbocycles. The number of nitrogen functional groups attached to an aromatic ring is 1. The topological polar surface area (TPSA) is 93.5 Å². The molecule has 0 atom stereocenters. The van der Waals surface area contributed by atoms with E-state index in [1.165, 1.54) is 0 Å². The molecule has 6 nitrogen and oxygen atoms in total. The highest BCUT2D eigenvalue weighted by Crippen LogP contribution is 2.30. The van der Waals surface area contributed by atoms with Crippen LogP contribution in [0.2, 0.25) is 0 Å². The minimum atomic E-state index is -3.27. The van der Waals surface area contributed by atoms with Crippen LogP contribution in [-0.2, 0) is 10.0 Å². The SMILES string of the molecule is CC(C)Oc1cccc(NCC(C)(C)NS(C)(=O)=O)c1N. The molecule has 0 aliphatic rings. The summed E-state index contributed by atoms with van der Waals surface area (Å²) in [7, 11) is -3.27.